The first-order chi connectivity index (χ1) is 9.22. The molecule has 0 aliphatic heterocycles. The molecule has 0 saturated heterocycles. The average Bonchev–Trinajstić information content (AvgIpc) is 2.70. The Kier molecular flexibility index (Phi) is 4.52. The molecule has 0 aliphatic rings. The fourth-order valence-corrected chi connectivity index (χ4v) is 2.13. The predicted octanol–water partition coefficient (Wildman–Crippen LogP) is 1.46. The molecule has 0 unspecified atom stereocenters. The zero-order chi connectivity index (χ0) is 13.7. The zero-order valence-corrected chi connectivity index (χ0v) is 11.7. The summed E-state index contributed by atoms with van der Waals surface area (Å²) in [6.45, 7) is 3.67. The van der Waals surface area contributed by atoms with Gasteiger partial charge >= 0.3 is 0 Å². The van der Waals surface area contributed by atoms with Crippen LogP contribution in [0.4, 0.5) is 0 Å². The van der Waals surface area contributed by atoms with E-state index in [0.717, 1.165) is 36.6 Å². The number of ether oxygens (including phenoxy) is 1. The lowest BCUT2D eigenvalue weighted by atomic mass is 10.2. The highest BCUT2D eigenvalue weighted by molar-refractivity contribution is 5.30. The highest BCUT2D eigenvalue weighted by Crippen LogP contribution is 2.20. The molecular weight excluding hydrogens is 240 g/mol. The van der Waals surface area contributed by atoms with Crippen molar-refractivity contribution in [2.45, 2.75) is 19.9 Å². The molecular formula is C14H20N4O. The lowest BCUT2D eigenvalue weighted by molar-refractivity contribution is 0.368. The Morgan fingerprint density at radius 3 is 2.95 bits per heavy atom. The van der Waals surface area contributed by atoms with Gasteiger partial charge in [-0.05, 0) is 31.5 Å². The van der Waals surface area contributed by atoms with Gasteiger partial charge in [-0.25, -0.2) is 4.68 Å². The molecule has 2 aromatic heterocycles. The summed E-state index contributed by atoms with van der Waals surface area (Å²) in [6.07, 6.45) is 4.66. The van der Waals surface area contributed by atoms with Crippen LogP contribution in [0, 0.1) is 6.92 Å². The van der Waals surface area contributed by atoms with Crippen molar-refractivity contribution >= 4 is 0 Å². The van der Waals surface area contributed by atoms with E-state index in [4.69, 9.17) is 4.74 Å². The Morgan fingerprint density at radius 1 is 1.42 bits per heavy atom. The first-order valence-corrected chi connectivity index (χ1v) is 6.38. The van der Waals surface area contributed by atoms with E-state index in [9.17, 15) is 0 Å². The second kappa shape index (κ2) is 6.33. The molecule has 0 aliphatic carbocycles. The van der Waals surface area contributed by atoms with Crippen molar-refractivity contribution in [1.82, 2.24) is 20.1 Å². The van der Waals surface area contributed by atoms with Crippen molar-refractivity contribution in [1.29, 1.82) is 0 Å². The Hall–Kier alpha value is -1.88. The lowest BCUT2D eigenvalue weighted by Crippen LogP contribution is -2.17. The summed E-state index contributed by atoms with van der Waals surface area (Å²) < 4.78 is 7.13. The van der Waals surface area contributed by atoms with Gasteiger partial charge in [0.1, 0.15) is 0 Å². The Labute approximate surface area is 113 Å². The van der Waals surface area contributed by atoms with Crippen molar-refractivity contribution in [3.05, 3.63) is 41.3 Å². The summed E-state index contributed by atoms with van der Waals surface area (Å²) in [5.74, 6) is 0.825. The molecule has 0 bridgehead atoms. The maximum atomic E-state index is 5.36. The van der Waals surface area contributed by atoms with Gasteiger partial charge in [-0.1, -0.05) is 6.07 Å². The minimum atomic E-state index is 0.767. The minimum absolute atomic E-state index is 0.767. The molecule has 0 radical (unpaired) electrons. The van der Waals surface area contributed by atoms with Crippen LogP contribution >= 0.6 is 0 Å². The molecule has 0 saturated carbocycles. The molecule has 0 aromatic carbocycles. The number of aryl methyl sites for hydroxylation is 2. The van der Waals surface area contributed by atoms with Gasteiger partial charge in [0, 0.05) is 26.0 Å². The number of rotatable bonds is 6. The van der Waals surface area contributed by atoms with E-state index in [1.807, 2.05) is 26.2 Å². The summed E-state index contributed by atoms with van der Waals surface area (Å²) in [5, 5.41) is 7.78. The fourth-order valence-electron chi connectivity index (χ4n) is 2.13. The first-order valence-electron chi connectivity index (χ1n) is 6.38. The van der Waals surface area contributed by atoms with Gasteiger partial charge < -0.3 is 10.1 Å². The van der Waals surface area contributed by atoms with Crippen LogP contribution in [-0.4, -0.2) is 28.4 Å². The van der Waals surface area contributed by atoms with Crippen molar-refractivity contribution in [3.8, 4) is 5.88 Å². The molecule has 2 rings (SSSR count). The Bertz CT molecular complexity index is 522. The van der Waals surface area contributed by atoms with Crippen LogP contribution in [0.15, 0.2) is 24.5 Å². The van der Waals surface area contributed by atoms with Crippen LogP contribution in [-0.2, 0) is 20.0 Å². The molecule has 5 nitrogen and oxygen atoms in total. The van der Waals surface area contributed by atoms with Crippen LogP contribution in [0.2, 0.25) is 0 Å². The normalized spacial score (nSPS) is 10.7. The highest BCUT2D eigenvalue weighted by atomic mass is 16.5. The molecule has 0 amide bonds. The lowest BCUT2D eigenvalue weighted by Gasteiger charge is -2.07. The monoisotopic (exact) mass is 260 g/mol. The van der Waals surface area contributed by atoms with E-state index in [1.54, 1.807) is 18.0 Å². The summed E-state index contributed by atoms with van der Waals surface area (Å²) >= 11 is 0. The number of hydrogen-bond acceptors (Lipinski definition) is 4. The third-order valence-electron chi connectivity index (χ3n) is 3.10. The van der Waals surface area contributed by atoms with Gasteiger partial charge in [-0.15, -0.1) is 0 Å². The van der Waals surface area contributed by atoms with Gasteiger partial charge in [-0.2, -0.15) is 5.10 Å². The van der Waals surface area contributed by atoms with Crippen LogP contribution < -0.4 is 10.1 Å². The highest BCUT2D eigenvalue weighted by Gasteiger charge is 2.12. The van der Waals surface area contributed by atoms with E-state index < -0.39 is 0 Å². The van der Waals surface area contributed by atoms with Crippen LogP contribution in [0.25, 0.3) is 0 Å². The topological polar surface area (TPSA) is 52.0 Å². The second-order valence-corrected chi connectivity index (χ2v) is 4.48. The van der Waals surface area contributed by atoms with E-state index in [2.05, 4.69) is 21.5 Å². The molecule has 1 N–H and O–H groups in total. The van der Waals surface area contributed by atoms with Crippen molar-refractivity contribution in [2.75, 3.05) is 13.7 Å². The number of aromatic nitrogens is 3. The second-order valence-electron chi connectivity index (χ2n) is 4.48. The van der Waals surface area contributed by atoms with E-state index in [-0.39, 0.29) is 0 Å². The third kappa shape index (κ3) is 3.32. The number of methoxy groups -OCH3 is 1. The van der Waals surface area contributed by atoms with Crippen LogP contribution in [0.3, 0.4) is 0 Å². The summed E-state index contributed by atoms with van der Waals surface area (Å²) in [5.41, 5.74) is 3.37. The summed E-state index contributed by atoms with van der Waals surface area (Å²) in [7, 11) is 3.57. The molecule has 0 spiro atoms. The summed E-state index contributed by atoms with van der Waals surface area (Å²) in [4.78, 5) is 4.11. The zero-order valence-electron chi connectivity index (χ0n) is 11.7. The number of pyridine rings is 1. The number of nitrogens with zero attached hydrogens (tertiary/aromatic N) is 3. The largest absolute Gasteiger partial charge is 0.481 e. The molecule has 2 aromatic rings. The average molecular weight is 260 g/mol. The number of hydrogen-bond donors (Lipinski definition) is 1. The van der Waals surface area contributed by atoms with E-state index in [1.165, 1.54) is 5.56 Å². The maximum absolute atomic E-state index is 5.36. The van der Waals surface area contributed by atoms with Crippen molar-refractivity contribution in [2.24, 2.45) is 7.05 Å². The molecule has 2 heterocycles. The van der Waals surface area contributed by atoms with E-state index >= 15 is 0 Å². The van der Waals surface area contributed by atoms with Crippen molar-refractivity contribution < 1.29 is 4.74 Å². The Morgan fingerprint density at radius 2 is 2.26 bits per heavy atom. The minimum Gasteiger partial charge on any atom is -0.481 e. The first kappa shape index (κ1) is 13.5. The quantitative estimate of drug-likeness (QED) is 0.799. The van der Waals surface area contributed by atoms with Gasteiger partial charge in [-0.3, -0.25) is 4.98 Å². The standard InChI is InChI=1S/C14H20N4O/c1-11-13(14(19-3)18(2)17-11)10-16-8-6-12-5-4-7-15-9-12/h4-5,7,9,16H,6,8,10H2,1-3H3. The molecule has 102 valence electrons. The Balaban J connectivity index is 1.86. The summed E-state index contributed by atoms with van der Waals surface area (Å²) in [6, 6.07) is 4.05. The van der Waals surface area contributed by atoms with Crippen LogP contribution in [0.5, 0.6) is 5.88 Å². The smallest absolute Gasteiger partial charge is 0.216 e. The van der Waals surface area contributed by atoms with Gasteiger partial charge in [0.25, 0.3) is 0 Å². The maximum Gasteiger partial charge on any atom is 0.216 e. The van der Waals surface area contributed by atoms with Gasteiger partial charge in [0.15, 0.2) is 0 Å². The fraction of sp³-hybridized carbons (Fsp3) is 0.429. The molecule has 5 heteroatoms. The number of nitrogens with one attached hydrogen (secondary N) is 1. The van der Waals surface area contributed by atoms with E-state index in [0.29, 0.717) is 0 Å². The van der Waals surface area contributed by atoms with Crippen molar-refractivity contribution in [3.63, 3.8) is 0 Å². The molecule has 0 atom stereocenters. The van der Waals surface area contributed by atoms with Gasteiger partial charge in [0.2, 0.25) is 5.88 Å². The SMILES string of the molecule is COc1c(CNCCc2cccnc2)c(C)nn1C. The van der Waals surface area contributed by atoms with Gasteiger partial charge in [0.05, 0.1) is 18.4 Å². The molecule has 19 heavy (non-hydrogen) atoms. The molecule has 0 fully saturated rings. The predicted molar refractivity (Wildman–Crippen MR) is 74.1 cm³/mol. The van der Waals surface area contributed by atoms with Crippen LogP contribution in [0.1, 0.15) is 16.8 Å². The third-order valence-corrected chi connectivity index (χ3v) is 3.10.